The van der Waals surface area contributed by atoms with Gasteiger partial charge in [0, 0.05) is 19.5 Å². The molecule has 1 saturated heterocycles. The molecule has 0 aromatic heterocycles. The Morgan fingerprint density at radius 2 is 1.86 bits per heavy atom. The molecule has 1 amide bonds. The number of hydrogen-bond donors (Lipinski definition) is 0. The highest BCUT2D eigenvalue weighted by Gasteiger charge is 2.31. The first-order chi connectivity index (χ1) is 10.5. The molecule has 5 heteroatoms. The van der Waals surface area contributed by atoms with Crippen LogP contribution in [0.4, 0.5) is 0 Å². The predicted molar refractivity (Wildman–Crippen MR) is 86.6 cm³/mol. The van der Waals surface area contributed by atoms with Crippen molar-refractivity contribution in [2.24, 2.45) is 0 Å². The molecular weight excluding hydrogens is 298 g/mol. The van der Waals surface area contributed by atoms with Crippen molar-refractivity contribution >= 4 is 15.7 Å². The van der Waals surface area contributed by atoms with Crippen molar-refractivity contribution in [1.82, 2.24) is 4.90 Å². The smallest absolute Gasteiger partial charge is 0.223 e. The van der Waals surface area contributed by atoms with Crippen molar-refractivity contribution in [3.8, 4) is 0 Å². The Morgan fingerprint density at radius 3 is 2.59 bits per heavy atom. The summed E-state index contributed by atoms with van der Waals surface area (Å²) in [6.45, 7) is 0. The number of sulfone groups is 1. The molecule has 1 aliphatic heterocycles. The molecule has 0 saturated carbocycles. The van der Waals surface area contributed by atoms with E-state index >= 15 is 0 Å². The Bertz CT molecular complexity index is 654. The topological polar surface area (TPSA) is 54.5 Å². The van der Waals surface area contributed by atoms with Crippen LogP contribution in [0.15, 0.2) is 24.3 Å². The molecule has 0 radical (unpaired) electrons. The molecular formula is C17H23NO3S. The molecule has 0 bridgehead atoms. The maximum absolute atomic E-state index is 12.5. The van der Waals surface area contributed by atoms with Crippen molar-refractivity contribution in [3.63, 3.8) is 0 Å². The fourth-order valence-corrected chi connectivity index (χ4v) is 5.15. The van der Waals surface area contributed by atoms with Gasteiger partial charge in [-0.15, -0.1) is 0 Å². The van der Waals surface area contributed by atoms with Crippen LogP contribution >= 0.6 is 0 Å². The van der Waals surface area contributed by atoms with Gasteiger partial charge in [0.25, 0.3) is 0 Å². The average molecular weight is 321 g/mol. The molecule has 22 heavy (non-hydrogen) atoms. The Kier molecular flexibility index (Phi) is 4.26. The molecule has 0 spiro atoms. The van der Waals surface area contributed by atoms with E-state index < -0.39 is 9.84 Å². The molecule has 1 aromatic carbocycles. The largest absolute Gasteiger partial charge is 0.343 e. The van der Waals surface area contributed by atoms with Crippen LogP contribution in [0.2, 0.25) is 0 Å². The van der Waals surface area contributed by atoms with Gasteiger partial charge in [-0.2, -0.15) is 0 Å². The summed E-state index contributed by atoms with van der Waals surface area (Å²) in [5.74, 6) is 0.882. The second-order valence-electron chi connectivity index (χ2n) is 6.53. The summed E-state index contributed by atoms with van der Waals surface area (Å²) in [7, 11) is -1.05. The number of fused-ring (bicyclic) bond motifs is 1. The van der Waals surface area contributed by atoms with Crippen LogP contribution in [0.3, 0.4) is 0 Å². The summed E-state index contributed by atoms with van der Waals surface area (Å²) in [5.41, 5.74) is 2.68. The van der Waals surface area contributed by atoms with E-state index in [0.29, 0.717) is 25.2 Å². The summed E-state index contributed by atoms with van der Waals surface area (Å²) < 4.78 is 23.0. The van der Waals surface area contributed by atoms with Crippen molar-refractivity contribution in [2.45, 2.75) is 44.1 Å². The molecule has 4 nitrogen and oxygen atoms in total. The second-order valence-corrected chi connectivity index (χ2v) is 8.83. The molecule has 0 N–H and O–H groups in total. The number of aryl methyl sites for hydroxylation is 1. The standard InChI is InChI=1S/C17H23NO3S/c1-18(15-8-10-22(20,21)11-9-15)17(19)12-14-7-6-13-4-2-3-5-16(13)14/h2-5,14-15H,6-12H2,1H3/t14-/m1/s1. The Labute approximate surface area is 132 Å². The minimum absolute atomic E-state index is 0.0765. The van der Waals surface area contributed by atoms with Gasteiger partial charge in [-0.1, -0.05) is 24.3 Å². The van der Waals surface area contributed by atoms with Gasteiger partial charge >= 0.3 is 0 Å². The first-order valence-corrected chi connectivity index (χ1v) is 9.82. The quantitative estimate of drug-likeness (QED) is 0.857. The van der Waals surface area contributed by atoms with E-state index in [-0.39, 0.29) is 23.5 Å². The molecule has 1 aromatic rings. The maximum atomic E-state index is 12.5. The van der Waals surface area contributed by atoms with Crippen molar-refractivity contribution in [3.05, 3.63) is 35.4 Å². The van der Waals surface area contributed by atoms with Gasteiger partial charge < -0.3 is 4.90 Å². The SMILES string of the molecule is CN(C(=O)C[C@H]1CCc2ccccc21)C1CCS(=O)(=O)CC1. The summed E-state index contributed by atoms with van der Waals surface area (Å²) in [4.78, 5) is 14.3. The summed E-state index contributed by atoms with van der Waals surface area (Å²) in [5, 5.41) is 0. The normalized spacial score (nSPS) is 24.0. The fourth-order valence-electron chi connectivity index (χ4n) is 3.68. The third-order valence-corrected chi connectivity index (χ3v) is 6.86. The number of nitrogens with zero attached hydrogens (tertiary/aromatic N) is 1. The fraction of sp³-hybridized carbons (Fsp3) is 0.588. The van der Waals surface area contributed by atoms with E-state index in [2.05, 4.69) is 18.2 Å². The van der Waals surface area contributed by atoms with Crippen molar-refractivity contribution < 1.29 is 13.2 Å². The summed E-state index contributed by atoms with van der Waals surface area (Å²) in [6.07, 6.45) is 3.78. The summed E-state index contributed by atoms with van der Waals surface area (Å²) >= 11 is 0. The van der Waals surface area contributed by atoms with Crippen LogP contribution in [0.5, 0.6) is 0 Å². The van der Waals surface area contributed by atoms with Gasteiger partial charge in [0.1, 0.15) is 9.84 Å². The molecule has 1 atom stereocenters. The van der Waals surface area contributed by atoms with E-state index in [9.17, 15) is 13.2 Å². The van der Waals surface area contributed by atoms with Gasteiger partial charge in [0.05, 0.1) is 11.5 Å². The lowest BCUT2D eigenvalue weighted by atomic mass is 9.96. The lowest BCUT2D eigenvalue weighted by Gasteiger charge is -2.32. The third-order valence-electron chi connectivity index (χ3n) is 5.14. The average Bonchev–Trinajstić information content (AvgIpc) is 2.90. The molecule has 3 rings (SSSR count). The van der Waals surface area contributed by atoms with Gasteiger partial charge in [0.15, 0.2) is 0 Å². The van der Waals surface area contributed by atoms with Crippen LogP contribution in [0.25, 0.3) is 0 Å². The Hall–Kier alpha value is -1.36. The number of rotatable bonds is 3. The molecule has 1 heterocycles. The van der Waals surface area contributed by atoms with Crippen LogP contribution in [-0.4, -0.2) is 43.8 Å². The van der Waals surface area contributed by atoms with Crippen LogP contribution < -0.4 is 0 Å². The second kappa shape index (κ2) is 6.03. The van der Waals surface area contributed by atoms with Gasteiger partial charge in [0.2, 0.25) is 5.91 Å². The number of hydrogen-bond acceptors (Lipinski definition) is 3. The molecule has 120 valence electrons. The van der Waals surface area contributed by atoms with E-state index in [1.165, 1.54) is 11.1 Å². The van der Waals surface area contributed by atoms with Crippen LogP contribution in [0, 0.1) is 0 Å². The highest BCUT2D eigenvalue weighted by molar-refractivity contribution is 7.91. The van der Waals surface area contributed by atoms with Crippen LogP contribution in [-0.2, 0) is 21.1 Å². The highest BCUT2D eigenvalue weighted by atomic mass is 32.2. The Balaban J connectivity index is 1.61. The van der Waals surface area contributed by atoms with Gasteiger partial charge in [-0.05, 0) is 42.7 Å². The lowest BCUT2D eigenvalue weighted by molar-refractivity contribution is -0.132. The molecule has 2 aliphatic rings. The van der Waals surface area contributed by atoms with Crippen molar-refractivity contribution in [1.29, 1.82) is 0 Å². The number of carbonyl (C=O) groups excluding carboxylic acids is 1. The monoisotopic (exact) mass is 321 g/mol. The Morgan fingerprint density at radius 1 is 1.18 bits per heavy atom. The minimum Gasteiger partial charge on any atom is -0.343 e. The highest BCUT2D eigenvalue weighted by Crippen LogP contribution is 2.35. The maximum Gasteiger partial charge on any atom is 0.223 e. The van der Waals surface area contributed by atoms with E-state index in [4.69, 9.17) is 0 Å². The predicted octanol–water partition coefficient (Wildman–Crippen LogP) is 2.14. The first kappa shape index (κ1) is 15.5. The zero-order valence-corrected chi connectivity index (χ0v) is 13.8. The van der Waals surface area contributed by atoms with Gasteiger partial charge in [-0.3, -0.25) is 4.79 Å². The number of amides is 1. The summed E-state index contributed by atoms with van der Waals surface area (Å²) in [6, 6.07) is 8.45. The molecule has 1 aliphatic carbocycles. The van der Waals surface area contributed by atoms with Crippen LogP contribution in [0.1, 0.15) is 42.7 Å². The third kappa shape index (κ3) is 3.19. The molecule has 1 fully saturated rings. The minimum atomic E-state index is -2.88. The first-order valence-electron chi connectivity index (χ1n) is 8.00. The molecule has 0 unspecified atom stereocenters. The van der Waals surface area contributed by atoms with E-state index in [1.54, 1.807) is 4.90 Å². The van der Waals surface area contributed by atoms with E-state index in [0.717, 1.165) is 12.8 Å². The van der Waals surface area contributed by atoms with Crippen molar-refractivity contribution in [2.75, 3.05) is 18.6 Å². The number of benzene rings is 1. The zero-order chi connectivity index (χ0) is 15.7. The lowest BCUT2D eigenvalue weighted by Crippen LogP contribution is -2.42. The number of carbonyl (C=O) groups is 1. The van der Waals surface area contributed by atoms with E-state index in [1.807, 2.05) is 13.1 Å². The zero-order valence-electron chi connectivity index (χ0n) is 13.0. The van der Waals surface area contributed by atoms with Gasteiger partial charge in [-0.25, -0.2) is 8.42 Å².